The number of nitrogens with two attached hydrogens (primary N) is 1. The summed E-state index contributed by atoms with van der Waals surface area (Å²) < 4.78 is 0. The van der Waals surface area contributed by atoms with E-state index in [0.717, 1.165) is 6.29 Å². The molecule has 0 fully saturated rings. The molecule has 1 unspecified atom stereocenters. The summed E-state index contributed by atoms with van der Waals surface area (Å²) >= 11 is 1.31. The van der Waals surface area contributed by atoms with Gasteiger partial charge in [0.15, 0.2) is 0 Å². The predicted octanol–water partition coefficient (Wildman–Crippen LogP) is 1.47. The van der Waals surface area contributed by atoms with Crippen molar-refractivity contribution in [3.05, 3.63) is 35.0 Å². The van der Waals surface area contributed by atoms with Crippen molar-refractivity contribution in [3.8, 4) is 10.7 Å². The van der Waals surface area contributed by atoms with Gasteiger partial charge in [-0.15, -0.1) is 11.3 Å². The molecular formula is C20H26N6O3S. The van der Waals surface area contributed by atoms with Crippen LogP contribution >= 0.6 is 11.3 Å². The van der Waals surface area contributed by atoms with Gasteiger partial charge >= 0.3 is 0 Å². The number of aldehydes is 1. The number of nitrogens with zero attached hydrogens (tertiary/aromatic N) is 4. The van der Waals surface area contributed by atoms with Crippen molar-refractivity contribution in [3.63, 3.8) is 0 Å². The third-order valence-electron chi connectivity index (χ3n) is 4.18. The maximum absolute atomic E-state index is 12.7. The summed E-state index contributed by atoms with van der Waals surface area (Å²) in [5.74, 6) is -0.244. The first-order valence-corrected chi connectivity index (χ1v) is 10.1. The lowest BCUT2D eigenvalue weighted by Gasteiger charge is -2.17. The van der Waals surface area contributed by atoms with Gasteiger partial charge in [0, 0.05) is 31.4 Å². The van der Waals surface area contributed by atoms with Gasteiger partial charge in [-0.2, -0.15) is 0 Å². The standard InChI is InChI=1S/C20H26N6O3S/c1-20(2,12-28)7-8-23-17(21)16(10-22-3)26-18(29)14-5-4-6-15(25-14)19-24-9-13(11-27)30-19/h4-6,9-10,12,16,27H,7-8,11H2,1-3H3,(H2,21,23)(H,26,29). The highest BCUT2D eigenvalue weighted by molar-refractivity contribution is 7.14. The first-order chi connectivity index (χ1) is 14.3. The van der Waals surface area contributed by atoms with Crippen LogP contribution in [0.2, 0.25) is 0 Å². The van der Waals surface area contributed by atoms with E-state index in [2.05, 4.69) is 25.3 Å². The number of aliphatic hydroxyl groups excluding tert-OH is 1. The normalized spacial score (nSPS) is 13.4. The number of thiazole rings is 1. The molecule has 0 saturated carbocycles. The molecular weight excluding hydrogens is 404 g/mol. The van der Waals surface area contributed by atoms with Gasteiger partial charge in [-0.3, -0.25) is 14.8 Å². The van der Waals surface area contributed by atoms with Crippen molar-refractivity contribution in [2.45, 2.75) is 32.9 Å². The highest BCUT2D eigenvalue weighted by atomic mass is 32.1. The fraction of sp³-hybridized carbons (Fsp3) is 0.400. The number of carbonyl (C=O) groups is 2. The lowest BCUT2D eigenvalue weighted by Crippen LogP contribution is -2.46. The Morgan fingerprint density at radius 3 is 2.83 bits per heavy atom. The molecule has 2 aromatic rings. The number of aromatic nitrogens is 2. The summed E-state index contributed by atoms with van der Waals surface area (Å²) in [5.41, 5.74) is 6.28. The van der Waals surface area contributed by atoms with Crippen LogP contribution in [0.15, 0.2) is 34.4 Å². The van der Waals surface area contributed by atoms with Gasteiger partial charge in [0.25, 0.3) is 5.91 Å². The Labute approximate surface area is 179 Å². The molecule has 1 amide bonds. The SMILES string of the molecule is CN=CC(NC(=O)c1cccc(-c2ncc(CO)s2)n1)C(N)=NCCC(C)(C)C=O. The predicted molar refractivity (Wildman–Crippen MR) is 118 cm³/mol. The van der Waals surface area contributed by atoms with E-state index in [-0.39, 0.29) is 18.1 Å². The molecule has 0 bridgehead atoms. The zero-order valence-corrected chi connectivity index (χ0v) is 18.0. The summed E-state index contributed by atoms with van der Waals surface area (Å²) in [7, 11) is 1.57. The molecule has 30 heavy (non-hydrogen) atoms. The van der Waals surface area contributed by atoms with Crippen LogP contribution < -0.4 is 11.1 Å². The number of rotatable bonds is 10. The van der Waals surface area contributed by atoms with Gasteiger partial charge in [0.05, 0.1) is 17.2 Å². The minimum absolute atomic E-state index is 0.0987. The molecule has 4 N–H and O–H groups in total. The van der Waals surface area contributed by atoms with Crippen LogP contribution in [0.1, 0.15) is 35.6 Å². The molecule has 9 nitrogen and oxygen atoms in total. The molecule has 0 aromatic carbocycles. The molecule has 2 heterocycles. The summed E-state index contributed by atoms with van der Waals surface area (Å²) in [6.45, 7) is 3.90. The van der Waals surface area contributed by atoms with E-state index >= 15 is 0 Å². The number of pyridine rings is 1. The second-order valence-electron chi connectivity index (χ2n) is 7.22. The van der Waals surface area contributed by atoms with Crippen LogP contribution in [-0.4, -0.2) is 59.0 Å². The summed E-state index contributed by atoms with van der Waals surface area (Å²) in [6.07, 6.45) is 4.48. The van der Waals surface area contributed by atoms with Crippen LogP contribution in [0.3, 0.4) is 0 Å². The van der Waals surface area contributed by atoms with Crippen LogP contribution in [0.4, 0.5) is 0 Å². The first kappa shape index (κ1) is 23.3. The molecule has 10 heteroatoms. The molecule has 2 aromatic heterocycles. The largest absolute Gasteiger partial charge is 0.391 e. The number of amidine groups is 1. The van der Waals surface area contributed by atoms with Crippen molar-refractivity contribution < 1.29 is 14.7 Å². The molecule has 0 spiro atoms. The quantitative estimate of drug-likeness (QED) is 0.296. The molecule has 0 aliphatic carbocycles. The number of carbonyl (C=O) groups excluding carboxylic acids is 2. The lowest BCUT2D eigenvalue weighted by molar-refractivity contribution is -0.114. The van der Waals surface area contributed by atoms with E-state index in [1.54, 1.807) is 31.4 Å². The van der Waals surface area contributed by atoms with Crippen molar-refractivity contribution >= 4 is 35.6 Å². The first-order valence-electron chi connectivity index (χ1n) is 9.32. The van der Waals surface area contributed by atoms with Crippen LogP contribution in [0.25, 0.3) is 10.7 Å². The third kappa shape index (κ3) is 6.53. The summed E-state index contributed by atoms with van der Waals surface area (Å²) in [5, 5.41) is 12.6. The molecule has 0 aliphatic heterocycles. The fourth-order valence-corrected chi connectivity index (χ4v) is 3.10. The van der Waals surface area contributed by atoms with E-state index < -0.39 is 17.4 Å². The van der Waals surface area contributed by atoms with E-state index in [4.69, 9.17) is 5.73 Å². The molecule has 2 rings (SSSR count). The zero-order valence-electron chi connectivity index (χ0n) is 17.2. The second kappa shape index (κ2) is 10.7. The van der Waals surface area contributed by atoms with Crippen LogP contribution in [-0.2, 0) is 11.4 Å². The highest BCUT2D eigenvalue weighted by Crippen LogP contribution is 2.23. The molecule has 160 valence electrons. The van der Waals surface area contributed by atoms with Crippen LogP contribution in [0, 0.1) is 5.41 Å². The molecule has 0 saturated heterocycles. The van der Waals surface area contributed by atoms with E-state index in [1.165, 1.54) is 17.6 Å². The van der Waals surface area contributed by atoms with Gasteiger partial charge in [0.1, 0.15) is 28.9 Å². The lowest BCUT2D eigenvalue weighted by atomic mass is 9.92. The van der Waals surface area contributed by atoms with E-state index in [0.29, 0.717) is 28.5 Å². The monoisotopic (exact) mass is 430 g/mol. The number of amides is 1. The van der Waals surface area contributed by atoms with Gasteiger partial charge in [-0.1, -0.05) is 19.9 Å². The third-order valence-corrected chi connectivity index (χ3v) is 5.19. The Bertz CT molecular complexity index is 938. The number of aliphatic hydroxyl groups is 1. The van der Waals surface area contributed by atoms with Gasteiger partial charge in [-0.25, -0.2) is 9.97 Å². The maximum atomic E-state index is 12.7. The average Bonchev–Trinajstić information content (AvgIpc) is 3.22. The minimum Gasteiger partial charge on any atom is -0.391 e. The number of hydrogen-bond donors (Lipinski definition) is 3. The van der Waals surface area contributed by atoms with Crippen molar-refractivity contribution in [2.75, 3.05) is 13.6 Å². The van der Waals surface area contributed by atoms with Crippen LogP contribution in [0.5, 0.6) is 0 Å². The van der Waals surface area contributed by atoms with Gasteiger partial charge < -0.3 is 21.0 Å². The maximum Gasteiger partial charge on any atom is 0.270 e. The Hall–Kier alpha value is -2.98. The molecule has 1 atom stereocenters. The number of aliphatic imine (C=N–C) groups is 2. The molecule has 0 aliphatic rings. The zero-order chi connectivity index (χ0) is 22.1. The number of hydrogen-bond acceptors (Lipinski definition) is 8. The van der Waals surface area contributed by atoms with Crippen molar-refractivity contribution in [2.24, 2.45) is 21.1 Å². The van der Waals surface area contributed by atoms with Gasteiger partial charge in [-0.05, 0) is 18.6 Å². The Balaban J connectivity index is 2.12. The van der Waals surface area contributed by atoms with Gasteiger partial charge in [0.2, 0.25) is 0 Å². The highest BCUT2D eigenvalue weighted by Gasteiger charge is 2.19. The topological polar surface area (TPSA) is 143 Å². The fourth-order valence-electron chi connectivity index (χ4n) is 2.36. The van der Waals surface area contributed by atoms with Crippen molar-refractivity contribution in [1.29, 1.82) is 0 Å². The minimum atomic E-state index is -0.701. The van der Waals surface area contributed by atoms with E-state index in [1.807, 2.05) is 13.8 Å². The second-order valence-corrected chi connectivity index (χ2v) is 8.33. The number of nitrogens with one attached hydrogen (secondary N) is 1. The van der Waals surface area contributed by atoms with E-state index in [9.17, 15) is 14.7 Å². The Kier molecular flexibility index (Phi) is 8.31. The summed E-state index contributed by atoms with van der Waals surface area (Å²) in [6, 6.07) is 4.33. The molecule has 0 radical (unpaired) electrons. The van der Waals surface area contributed by atoms with Crippen molar-refractivity contribution in [1.82, 2.24) is 15.3 Å². The Morgan fingerprint density at radius 2 is 2.20 bits per heavy atom. The summed E-state index contributed by atoms with van der Waals surface area (Å²) in [4.78, 5) is 41.2. The average molecular weight is 431 g/mol. The smallest absolute Gasteiger partial charge is 0.270 e. The Morgan fingerprint density at radius 1 is 1.43 bits per heavy atom.